The molecule has 0 radical (unpaired) electrons. The Balaban J connectivity index is 3.24. The first kappa shape index (κ1) is 11.5. The Hall–Kier alpha value is -0.580. The number of aryl methyl sites for hydroxylation is 1. The fourth-order valence-electron chi connectivity index (χ4n) is 1.41. The van der Waals surface area contributed by atoms with Crippen LogP contribution >= 0.6 is 15.9 Å². The molecule has 4 heteroatoms. The van der Waals surface area contributed by atoms with E-state index >= 15 is 0 Å². The van der Waals surface area contributed by atoms with Crippen LogP contribution in [0.4, 0.5) is 0 Å². The van der Waals surface area contributed by atoms with E-state index in [-0.39, 0.29) is 6.61 Å². The molecule has 0 aliphatic heterocycles. The Bertz CT molecular complexity index is 328. The number of methoxy groups -OCH3 is 1. The van der Waals surface area contributed by atoms with Crippen molar-refractivity contribution in [1.82, 2.24) is 0 Å². The van der Waals surface area contributed by atoms with E-state index in [1.165, 1.54) is 0 Å². The Morgan fingerprint density at radius 2 is 2.21 bits per heavy atom. The van der Waals surface area contributed by atoms with Crippen LogP contribution in [-0.4, -0.2) is 18.8 Å². The number of hydrogen-bond acceptors (Lipinski definition) is 3. The highest BCUT2D eigenvalue weighted by atomic mass is 79.9. The van der Waals surface area contributed by atoms with E-state index in [2.05, 4.69) is 15.9 Å². The number of halogens is 1. The number of rotatable bonds is 3. The van der Waals surface area contributed by atoms with Gasteiger partial charge in [-0.05, 0) is 24.6 Å². The van der Waals surface area contributed by atoms with Crippen LogP contribution in [0.2, 0.25) is 0 Å². The molecule has 1 aromatic carbocycles. The van der Waals surface area contributed by atoms with Crippen molar-refractivity contribution < 1.29 is 9.84 Å². The fourth-order valence-corrected chi connectivity index (χ4v) is 2.00. The lowest BCUT2D eigenvalue weighted by atomic mass is 10.0. The summed E-state index contributed by atoms with van der Waals surface area (Å²) < 4.78 is 6.18. The Morgan fingerprint density at radius 1 is 1.57 bits per heavy atom. The molecular weight excluding hydrogens is 246 g/mol. The van der Waals surface area contributed by atoms with Crippen molar-refractivity contribution in [1.29, 1.82) is 0 Å². The molecule has 0 amide bonds. The lowest BCUT2D eigenvalue weighted by molar-refractivity contribution is 0.264. The van der Waals surface area contributed by atoms with E-state index in [1.54, 1.807) is 7.11 Å². The van der Waals surface area contributed by atoms with E-state index < -0.39 is 6.04 Å². The second-order valence-corrected chi connectivity index (χ2v) is 4.05. The first-order valence-corrected chi connectivity index (χ1v) is 5.10. The van der Waals surface area contributed by atoms with Gasteiger partial charge in [0, 0.05) is 10.0 Å². The van der Waals surface area contributed by atoms with Crippen molar-refractivity contribution in [3.05, 3.63) is 27.7 Å². The van der Waals surface area contributed by atoms with Gasteiger partial charge < -0.3 is 15.6 Å². The number of ether oxygens (including phenoxy) is 1. The molecule has 0 aliphatic carbocycles. The Morgan fingerprint density at radius 3 is 2.71 bits per heavy atom. The summed E-state index contributed by atoms with van der Waals surface area (Å²) in [4.78, 5) is 0. The third kappa shape index (κ3) is 2.26. The van der Waals surface area contributed by atoms with Gasteiger partial charge in [-0.1, -0.05) is 15.9 Å². The molecular formula is C10H14BrNO2. The summed E-state index contributed by atoms with van der Waals surface area (Å²) in [6.45, 7) is 1.85. The van der Waals surface area contributed by atoms with Crippen molar-refractivity contribution in [2.24, 2.45) is 5.73 Å². The number of benzene rings is 1. The number of hydrogen-bond donors (Lipinski definition) is 2. The molecule has 1 atom stereocenters. The minimum atomic E-state index is -0.402. The van der Waals surface area contributed by atoms with Crippen LogP contribution in [0.1, 0.15) is 17.2 Å². The summed E-state index contributed by atoms with van der Waals surface area (Å²) >= 11 is 3.38. The lowest BCUT2D eigenvalue weighted by Gasteiger charge is -2.16. The van der Waals surface area contributed by atoms with E-state index in [9.17, 15) is 0 Å². The maximum Gasteiger partial charge on any atom is 0.126 e. The largest absolute Gasteiger partial charge is 0.496 e. The Kier molecular flexibility index (Phi) is 3.92. The molecule has 1 unspecified atom stereocenters. The highest BCUT2D eigenvalue weighted by molar-refractivity contribution is 9.10. The third-order valence-electron chi connectivity index (χ3n) is 2.07. The van der Waals surface area contributed by atoms with Gasteiger partial charge in [0.15, 0.2) is 0 Å². The van der Waals surface area contributed by atoms with Crippen molar-refractivity contribution >= 4 is 15.9 Å². The van der Waals surface area contributed by atoms with Gasteiger partial charge in [-0.2, -0.15) is 0 Å². The summed E-state index contributed by atoms with van der Waals surface area (Å²) in [5.74, 6) is 0.745. The number of nitrogens with two attached hydrogens (primary N) is 1. The minimum Gasteiger partial charge on any atom is -0.496 e. The highest BCUT2D eigenvalue weighted by Gasteiger charge is 2.13. The standard InChI is InChI=1S/C10H14BrNO2/c1-6-3-7(11)4-8(9(12)5-13)10(6)14-2/h3-4,9,13H,5,12H2,1-2H3. The van der Waals surface area contributed by atoms with E-state index in [4.69, 9.17) is 15.6 Å². The van der Waals surface area contributed by atoms with E-state index in [1.807, 2.05) is 19.1 Å². The summed E-state index contributed by atoms with van der Waals surface area (Å²) in [5, 5.41) is 8.99. The van der Waals surface area contributed by atoms with Crippen molar-refractivity contribution in [3.8, 4) is 5.75 Å². The molecule has 1 aromatic rings. The lowest BCUT2D eigenvalue weighted by Crippen LogP contribution is -2.16. The summed E-state index contributed by atoms with van der Waals surface area (Å²) in [6.07, 6.45) is 0. The van der Waals surface area contributed by atoms with Gasteiger partial charge in [0.05, 0.1) is 19.8 Å². The van der Waals surface area contributed by atoms with E-state index in [0.717, 1.165) is 21.3 Å². The molecule has 0 saturated heterocycles. The van der Waals surface area contributed by atoms with Gasteiger partial charge in [-0.15, -0.1) is 0 Å². The van der Waals surface area contributed by atoms with Crippen LogP contribution in [-0.2, 0) is 0 Å². The second-order valence-electron chi connectivity index (χ2n) is 3.13. The Labute approximate surface area is 92.0 Å². The molecule has 0 spiro atoms. The van der Waals surface area contributed by atoms with Crippen LogP contribution in [0.25, 0.3) is 0 Å². The first-order valence-electron chi connectivity index (χ1n) is 4.30. The van der Waals surface area contributed by atoms with Gasteiger partial charge in [-0.3, -0.25) is 0 Å². The topological polar surface area (TPSA) is 55.5 Å². The number of aliphatic hydroxyl groups is 1. The highest BCUT2D eigenvalue weighted by Crippen LogP contribution is 2.31. The molecule has 1 rings (SSSR count). The third-order valence-corrected chi connectivity index (χ3v) is 2.53. The average molecular weight is 260 g/mol. The molecule has 0 saturated carbocycles. The smallest absolute Gasteiger partial charge is 0.126 e. The molecule has 78 valence electrons. The monoisotopic (exact) mass is 259 g/mol. The van der Waals surface area contributed by atoms with Crippen molar-refractivity contribution in [2.45, 2.75) is 13.0 Å². The SMILES string of the molecule is COc1c(C)cc(Br)cc1C(N)CO. The van der Waals surface area contributed by atoms with Crippen molar-refractivity contribution in [3.63, 3.8) is 0 Å². The molecule has 3 nitrogen and oxygen atoms in total. The second kappa shape index (κ2) is 4.77. The maximum absolute atomic E-state index is 8.99. The summed E-state index contributed by atoms with van der Waals surface area (Å²) in [7, 11) is 1.60. The molecule has 0 aromatic heterocycles. The number of aliphatic hydroxyl groups excluding tert-OH is 1. The maximum atomic E-state index is 8.99. The first-order chi connectivity index (χ1) is 6.60. The summed E-state index contributed by atoms with van der Waals surface area (Å²) in [6, 6.07) is 3.42. The zero-order valence-corrected chi connectivity index (χ0v) is 9.84. The van der Waals surface area contributed by atoms with Gasteiger partial charge in [-0.25, -0.2) is 0 Å². The van der Waals surface area contributed by atoms with Crippen LogP contribution in [0.15, 0.2) is 16.6 Å². The van der Waals surface area contributed by atoms with Crippen LogP contribution < -0.4 is 10.5 Å². The van der Waals surface area contributed by atoms with Crippen LogP contribution in [0.3, 0.4) is 0 Å². The normalized spacial score (nSPS) is 12.6. The molecule has 0 fully saturated rings. The molecule has 0 aliphatic rings. The fraction of sp³-hybridized carbons (Fsp3) is 0.400. The summed E-state index contributed by atoms with van der Waals surface area (Å²) in [5.41, 5.74) is 7.58. The predicted octanol–water partition coefficient (Wildman–Crippen LogP) is 1.76. The van der Waals surface area contributed by atoms with E-state index in [0.29, 0.717) is 0 Å². The zero-order chi connectivity index (χ0) is 10.7. The van der Waals surface area contributed by atoms with Gasteiger partial charge >= 0.3 is 0 Å². The minimum absolute atomic E-state index is 0.0910. The predicted molar refractivity (Wildman–Crippen MR) is 59.4 cm³/mol. The van der Waals surface area contributed by atoms with Gasteiger partial charge in [0.1, 0.15) is 5.75 Å². The molecule has 0 heterocycles. The molecule has 14 heavy (non-hydrogen) atoms. The molecule has 3 N–H and O–H groups in total. The van der Waals surface area contributed by atoms with Crippen LogP contribution in [0, 0.1) is 6.92 Å². The van der Waals surface area contributed by atoms with Gasteiger partial charge in [0.2, 0.25) is 0 Å². The average Bonchev–Trinajstić information content (AvgIpc) is 2.15. The van der Waals surface area contributed by atoms with Crippen LogP contribution in [0.5, 0.6) is 5.75 Å². The zero-order valence-electron chi connectivity index (χ0n) is 8.25. The van der Waals surface area contributed by atoms with Gasteiger partial charge in [0.25, 0.3) is 0 Å². The quantitative estimate of drug-likeness (QED) is 0.870. The van der Waals surface area contributed by atoms with Crippen molar-refractivity contribution in [2.75, 3.05) is 13.7 Å². The molecule has 0 bridgehead atoms.